The van der Waals surface area contributed by atoms with Crippen molar-refractivity contribution in [3.8, 4) is 0 Å². The SMILES string of the molecule is CC(C)(/C=C/CBr)C(=O)O. The van der Waals surface area contributed by atoms with Gasteiger partial charge < -0.3 is 5.11 Å². The Bertz CT molecular complexity index is 150. The van der Waals surface area contributed by atoms with Gasteiger partial charge in [0.05, 0.1) is 5.41 Å². The van der Waals surface area contributed by atoms with Gasteiger partial charge in [0.2, 0.25) is 0 Å². The Hall–Kier alpha value is -0.310. The fourth-order valence-corrected chi connectivity index (χ4v) is 0.597. The van der Waals surface area contributed by atoms with Gasteiger partial charge in [-0.1, -0.05) is 28.1 Å². The maximum absolute atomic E-state index is 10.5. The van der Waals surface area contributed by atoms with Crippen LogP contribution in [0.5, 0.6) is 0 Å². The highest BCUT2D eigenvalue weighted by atomic mass is 79.9. The summed E-state index contributed by atoms with van der Waals surface area (Å²) >= 11 is 3.17. The summed E-state index contributed by atoms with van der Waals surface area (Å²) in [5, 5.41) is 9.30. The van der Waals surface area contributed by atoms with Gasteiger partial charge in [-0.3, -0.25) is 4.79 Å². The van der Waals surface area contributed by atoms with Crippen LogP contribution in [-0.4, -0.2) is 16.4 Å². The zero-order valence-corrected chi connectivity index (χ0v) is 7.68. The summed E-state index contributed by atoms with van der Waals surface area (Å²) in [6.45, 7) is 3.32. The first-order valence-corrected chi connectivity index (χ1v) is 4.10. The van der Waals surface area contributed by atoms with E-state index in [1.807, 2.05) is 0 Å². The predicted molar refractivity (Wildman–Crippen MR) is 44.4 cm³/mol. The van der Waals surface area contributed by atoms with E-state index in [1.165, 1.54) is 0 Å². The van der Waals surface area contributed by atoms with Crippen molar-refractivity contribution in [2.75, 3.05) is 5.33 Å². The lowest BCUT2D eigenvalue weighted by Crippen LogP contribution is -2.20. The molecule has 0 aliphatic carbocycles. The molecule has 0 aromatic heterocycles. The lowest BCUT2D eigenvalue weighted by molar-refractivity contribution is -0.144. The molecule has 58 valence electrons. The molecule has 10 heavy (non-hydrogen) atoms. The van der Waals surface area contributed by atoms with Crippen molar-refractivity contribution in [1.29, 1.82) is 0 Å². The van der Waals surface area contributed by atoms with Crippen LogP contribution in [0.15, 0.2) is 12.2 Å². The molecule has 0 radical (unpaired) electrons. The molecule has 0 saturated heterocycles. The predicted octanol–water partition coefficient (Wildman–Crippen LogP) is 2.05. The van der Waals surface area contributed by atoms with Crippen LogP contribution < -0.4 is 0 Å². The summed E-state index contributed by atoms with van der Waals surface area (Å²) in [6, 6.07) is 0. The van der Waals surface area contributed by atoms with Gasteiger partial charge in [-0.25, -0.2) is 0 Å². The molecule has 3 heteroatoms. The molecule has 0 aliphatic rings. The number of alkyl halides is 1. The first-order valence-electron chi connectivity index (χ1n) is 2.98. The third-order valence-electron chi connectivity index (χ3n) is 1.17. The van der Waals surface area contributed by atoms with E-state index in [1.54, 1.807) is 26.0 Å². The van der Waals surface area contributed by atoms with Gasteiger partial charge in [-0.05, 0) is 13.8 Å². The molecular formula is C7H11BrO2. The van der Waals surface area contributed by atoms with E-state index in [-0.39, 0.29) is 0 Å². The van der Waals surface area contributed by atoms with E-state index in [2.05, 4.69) is 15.9 Å². The first-order chi connectivity index (χ1) is 4.50. The molecule has 0 fully saturated rings. The van der Waals surface area contributed by atoms with Crippen molar-refractivity contribution >= 4 is 21.9 Å². The topological polar surface area (TPSA) is 37.3 Å². The zero-order valence-electron chi connectivity index (χ0n) is 6.10. The van der Waals surface area contributed by atoms with Crippen LogP contribution in [0, 0.1) is 5.41 Å². The highest BCUT2D eigenvalue weighted by Crippen LogP contribution is 2.16. The summed E-state index contributed by atoms with van der Waals surface area (Å²) < 4.78 is 0. The van der Waals surface area contributed by atoms with Gasteiger partial charge in [0, 0.05) is 5.33 Å². The van der Waals surface area contributed by atoms with E-state index in [0.717, 1.165) is 0 Å². The Kier molecular flexibility index (Phi) is 3.64. The zero-order chi connectivity index (χ0) is 8.20. The third kappa shape index (κ3) is 3.01. The van der Waals surface area contributed by atoms with Crippen molar-refractivity contribution in [2.24, 2.45) is 5.41 Å². The Morgan fingerprint density at radius 1 is 1.70 bits per heavy atom. The smallest absolute Gasteiger partial charge is 0.312 e. The molecule has 0 atom stereocenters. The molecule has 0 aromatic rings. The molecule has 0 rings (SSSR count). The molecule has 0 aliphatic heterocycles. The van der Waals surface area contributed by atoms with Gasteiger partial charge in [0.25, 0.3) is 0 Å². The Balaban J connectivity index is 4.12. The Morgan fingerprint density at radius 2 is 2.20 bits per heavy atom. The largest absolute Gasteiger partial charge is 0.481 e. The van der Waals surface area contributed by atoms with Crippen LogP contribution in [0.1, 0.15) is 13.8 Å². The van der Waals surface area contributed by atoms with Crippen molar-refractivity contribution in [2.45, 2.75) is 13.8 Å². The highest BCUT2D eigenvalue weighted by Gasteiger charge is 2.22. The minimum atomic E-state index is -0.801. The number of aliphatic carboxylic acids is 1. The molecule has 0 amide bonds. The second kappa shape index (κ2) is 3.76. The van der Waals surface area contributed by atoms with Gasteiger partial charge in [-0.15, -0.1) is 0 Å². The molecule has 0 unspecified atom stereocenters. The molecule has 0 spiro atoms. The molecular weight excluding hydrogens is 196 g/mol. The molecule has 0 heterocycles. The maximum atomic E-state index is 10.5. The third-order valence-corrected chi connectivity index (χ3v) is 1.55. The fraction of sp³-hybridized carbons (Fsp3) is 0.571. The number of carboxylic acids is 1. The normalized spacial score (nSPS) is 12.3. The molecule has 1 N–H and O–H groups in total. The second-order valence-corrected chi connectivity index (χ2v) is 3.23. The van der Waals surface area contributed by atoms with Gasteiger partial charge in [-0.2, -0.15) is 0 Å². The van der Waals surface area contributed by atoms with Gasteiger partial charge in [0.15, 0.2) is 0 Å². The van der Waals surface area contributed by atoms with Crippen molar-refractivity contribution in [1.82, 2.24) is 0 Å². The summed E-state index contributed by atoms with van der Waals surface area (Å²) in [5.74, 6) is -0.801. The van der Waals surface area contributed by atoms with Crippen molar-refractivity contribution in [3.05, 3.63) is 12.2 Å². The number of rotatable bonds is 3. The fourth-order valence-electron chi connectivity index (χ4n) is 0.410. The summed E-state index contributed by atoms with van der Waals surface area (Å²) in [5.41, 5.74) is -0.742. The average Bonchev–Trinajstić information content (AvgIpc) is 1.84. The number of carboxylic acid groups (broad SMARTS) is 1. The lowest BCUT2D eigenvalue weighted by atomic mass is 9.94. The average molecular weight is 207 g/mol. The number of halogens is 1. The minimum absolute atomic E-state index is 0.698. The van der Waals surface area contributed by atoms with E-state index >= 15 is 0 Å². The summed E-state index contributed by atoms with van der Waals surface area (Å²) in [6.07, 6.45) is 3.46. The molecule has 0 aromatic carbocycles. The first kappa shape index (κ1) is 9.69. The van der Waals surface area contributed by atoms with E-state index in [9.17, 15) is 4.79 Å². The monoisotopic (exact) mass is 206 g/mol. The standard InChI is InChI=1S/C7H11BrO2/c1-7(2,6(9)10)4-3-5-8/h3-4H,5H2,1-2H3,(H,9,10)/b4-3+. The summed E-state index contributed by atoms with van der Waals surface area (Å²) in [7, 11) is 0. The highest BCUT2D eigenvalue weighted by molar-refractivity contribution is 9.09. The van der Waals surface area contributed by atoms with Gasteiger partial charge >= 0.3 is 5.97 Å². The number of carbonyl (C=O) groups is 1. The van der Waals surface area contributed by atoms with E-state index in [4.69, 9.17) is 5.11 Å². The molecule has 0 bridgehead atoms. The lowest BCUT2D eigenvalue weighted by Gasteiger charge is -2.12. The van der Waals surface area contributed by atoms with Crippen LogP contribution in [0.4, 0.5) is 0 Å². The van der Waals surface area contributed by atoms with Crippen LogP contribution in [-0.2, 0) is 4.79 Å². The van der Waals surface area contributed by atoms with Crippen LogP contribution in [0.25, 0.3) is 0 Å². The molecule has 0 saturated carbocycles. The second-order valence-electron chi connectivity index (χ2n) is 2.58. The van der Waals surface area contributed by atoms with Crippen molar-refractivity contribution < 1.29 is 9.90 Å². The van der Waals surface area contributed by atoms with Crippen LogP contribution in [0.2, 0.25) is 0 Å². The maximum Gasteiger partial charge on any atom is 0.312 e. The Labute approximate surface area is 69.1 Å². The summed E-state index contributed by atoms with van der Waals surface area (Å²) in [4.78, 5) is 10.5. The van der Waals surface area contributed by atoms with Crippen LogP contribution in [0.3, 0.4) is 0 Å². The van der Waals surface area contributed by atoms with Gasteiger partial charge in [0.1, 0.15) is 0 Å². The minimum Gasteiger partial charge on any atom is -0.481 e. The molecule has 2 nitrogen and oxygen atoms in total. The van der Waals surface area contributed by atoms with E-state index in [0.29, 0.717) is 5.33 Å². The van der Waals surface area contributed by atoms with E-state index < -0.39 is 11.4 Å². The Morgan fingerprint density at radius 3 is 2.50 bits per heavy atom. The number of hydrogen-bond donors (Lipinski definition) is 1. The quantitative estimate of drug-likeness (QED) is 0.568. The van der Waals surface area contributed by atoms with Crippen LogP contribution >= 0.6 is 15.9 Å². The van der Waals surface area contributed by atoms with Crippen molar-refractivity contribution in [3.63, 3.8) is 0 Å². The number of allylic oxidation sites excluding steroid dienone is 1. The number of hydrogen-bond acceptors (Lipinski definition) is 1.